The molecule has 1 aromatic rings. The first-order chi connectivity index (χ1) is 12.4. The number of carbonyl (C=O) groups is 1. The lowest BCUT2D eigenvalue weighted by Gasteiger charge is -2.40. The topological polar surface area (TPSA) is 127 Å². The highest BCUT2D eigenvalue weighted by Crippen LogP contribution is 2.45. The third-order valence-corrected chi connectivity index (χ3v) is 7.96. The van der Waals surface area contributed by atoms with E-state index >= 15 is 0 Å². The van der Waals surface area contributed by atoms with E-state index in [1.54, 1.807) is 36.0 Å². The van der Waals surface area contributed by atoms with Gasteiger partial charge in [0.25, 0.3) is 0 Å². The number of benzene rings is 1. The molecule has 2 unspecified atom stereocenters. The van der Waals surface area contributed by atoms with E-state index in [0.29, 0.717) is 19.4 Å². The molecule has 1 saturated carbocycles. The number of amides is 1. The smallest absolute Gasteiger partial charge is 0.224 e. The summed E-state index contributed by atoms with van der Waals surface area (Å²) in [6.45, 7) is 0.556. The first-order valence-electron chi connectivity index (χ1n) is 8.68. The van der Waals surface area contributed by atoms with Gasteiger partial charge in [-0.1, -0.05) is 12.8 Å². The molecule has 0 saturated heterocycles. The van der Waals surface area contributed by atoms with Crippen molar-refractivity contribution in [3.8, 4) is 6.07 Å². The molecule has 26 heavy (non-hydrogen) atoms. The lowest BCUT2D eigenvalue weighted by molar-refractivity contribution is -0.132. The average molecular weight is 396 g/mol. The zero-order valence-corrected chi connectivity index (χ0v) is 16.3. The summed E-state index contributed by atoms with van der Waals surface area (Å²) in [4.78, 5) is 13.3. The molecule has 1 aromatic carbocycles. The van der Waals surface area contributed by atoms with Gasteiger partial charge in [0.15, 0.2) is 9.84 Å². The Kier molecular flexibility index (Phi) is 7.09. The number of nitrogens with zero attached hydrogens (tertiary/aromatic N) is 1. The normalized spacial score (nSPS) is 23.3. The molecule has 8 heteroatoms. The molecule has 4 N–H and O–H groups in total. The highest BCUT2D eigenvalue weighted by molar-refractivity contribution is 7.99. The number of hydrogen-bond acceptors (Lipinski definition) is 6. The fourth-order valence-electron chi connectivity index (χ4n) is 3.62. The molecule has 0 heterocycles. The average Bonchev–Trinajstić information content (AvgIpc) is 2.62. The second kappa shape index (κ2) is 8.89. The summed E-state index contributed by atoms with van der Waals surface area (Å²) in [7, 11) is -3.57. The summed E-state index contributed by atoms with van der Waals surface area (Å²) < 4.78 is 25.8. The monoisotopic (exact) mass is 395 g/mol. The van der Waals surface area contributed by atoms with Gasteiger partial charge in [-0.05, 0) is 43.0 Å². The Morgan fingerprint density at radius 2 is 2.00 bits per heavy atom. The number of carbonyl (C=O) groups excluding carboxylic acids is 1. The Bertz CT molecular complexity index is 772. The van der Waals surface area contributed by atoms with Gasteiger partial charge in [0, 0.05) is 23.6 Å². The van der Waals surface area contributed by atoms with Crippen molar-refractivity contribution in [2.45, 2.75) is 41.9 Å². The zero-order chi connectivity index (χ0) is 19.2. The SMILES string of the molecule is N#CCC1(C(N)=O)CCCCC1CS(=O)(=O)c1ccc(SCCN)cc1. The molecule has 1 fully saturated rings. The van der Waals surface area contributed by atoms with Crippen LogP contribution in [0.5, 0.6) is 0 Å². The summed E-state index contributed by atoms with van der Waals surface area (Å²) in [5, 5.41) is 9.15. The van der Waals surface area contributed by atoms with Gasteiger partial charge >= 0.3 is 0 Å². The fraction of sp³-hybridized carbons (Fsp3) is 0.556. The molecule has 1 aliphatic carbocycles. The van der Waals surface area contributed by atoms with Crippen LogP contribution in [-0.2, 0) is 14.6 Å². The number of primary amides is 1. The van der Waals surface area contributed by atoms with E-state index in [0.717, 1.165) is 23.5 Å². The number of thioether (sulfide) groups is 1. The Morgan fingerprint density at radius 1 is 1.31 bits per heavy atom. The van der Waals surface area contributed by atoms with Gasteiger partial charge < -0.3 is 11.5 Å². The maximum atomic E-state index is 12.9. The minimum Gasteiger partial charge on any atom is -0.369 e. The maximum absolute atomic E-state index is 12.9. The zero-order valence-electron chi connectivity index (χ0n) is 14.7. The van der Waals surface area contributed by atoms with Crippen molar-refractivity contribution < 1.29 is 13.2 Å². The Morgan fingerprint density at radius 3 is 2.58 bits per heavy atom. The predicted molar refractivity (Wildman–Crippen MR) is 102 cm³/mol. The van der Waals surface area contributed by atoms with Crippen LogP contribution < -0.4 is 11.5 Å². The van der Waals surface area contributed by atoms with Crippen LogP contribution in [0.1, 0.15) is 32.1 Å². The minimum absolute atomic E-state index is 0.0306. The summed E-state index contributed by atoms with van der Waals surface area (Å²) in [6.07, 6.45) is 2.67. The van der Waals surface area contributed by atoms with Gasteiger partial charge in [0.2, 0.25) is 5.91 Å². The number of rotatable bonds is 8. The molecule has 142 valence electrons. The van der Waals surface area contributed by atoms with E-state index in [2.05, 4.69) is 0 Å². The van der Waals surface area contributed by atoms with Gasteiger partial charge in [-0.2, -0.15) is 5.26 Å². The van der Waals surface area contributed by atoms with E-state index in [1.807, 2.05) is 6.07 Å². The van der Waals surface area contributed by atoms with Crippen LogP contribution in [0, 0.1) is 22.7 Å². The van der Waals surface area contributed by atoms with Gasteiger partial charge in [-0.25, -0.2) is 8.42 Å². The van der Waals surface area contributed by atoms with E-state index in [9.17, 15) is 13.2 Å². The fourth-order valence-corrected chi connectivity index (χ4v) is 6.06. The van der Waals surface area contributed by atoms with E-state index in [1.165, 1.54) is 0 Å². The summed E-state index contributed by atoms with van der Waals surface area (Å²) >= 11 is 1.57. The van der Waals surface area contributed by atoms with Crippen molar-refractivity contribution >= 4 is 27.5 Å². The van der Waals surface area contributed by atoms with E-state index < -0.39 is 27.1 Å². The van der Waals surface area contributed by atoms with Crippen LogP contribution in [-0.4, -0.2) is 32.4 Å². The second-order valence-electron chi connectivity index (χ2n) is 6.69. The Labute approximate surface area is 159 Å². The molecule has 0 radical (unpaired) electrons. The maximum Gasteiger partial charge on any atom is 0.224 e. The molecule has 0 bridgehead atoms. The summed E-state index contributed by atoms with van der Waals surface area (Å²) in [6, 6.07) is 8.75. The van der Waals surface area contributed by atoms with Gasteiger partial charge in [0.05, 0.1) is 22.1 Å². The van der Waals surface area contributed by atoms with Crippen LogP contribution in [0.2, 0.25) is 0 Å². The first kappa shape index (κ1) is 20.7. The number of nitriles is 1. The molecular formula is C18H25N3O3S2. The number of sulfone groups is 1. The van der Waals surface area contributed by atoms with Crippen LogP contribution in [0.3, 0.4) is 0 Å². The molecule has 6 nitrogen and oxygen atoms in total. The highest BCUT2D eigenvalue weighted by Gasteiger charge is 2.47. The van der Waals surface area contributed by atoms with Gasteiger partial charge in [0.1, 0.15) is 0 Å². The molecular weight excluding hydrogens is 370 g/mol. The molecule has 0 aromatic heterocycles. The van der Waals surface area contributed by atoms with Crippen molar-refractivity contribution in [1.29, 1.82) is 5.26 Å². The molecule has 1 aliphatic rings. The third kappa shape index (κ3) is 4.58. The third-order valence-electron chi connectivity index (χ3n) is 5.08. The largest absolute Gasteiger partial charge is 0.369 e. The predicted octanol–water partition coefficient (Wildman–Crippen LogP) is 2.09. The van der Waals surface area contributed by atoms with Crippen LogP contribution in [0.25, 0.3) is 0 Å². The van der Waals surface area contributed by atoms with Crippen molar-refractivity contribution in [3.05, 3.63) is 24.3 Å². The van der Waals surface area contributed by atoms with E-state index in [4.69, 9.17) is 16.7 Å². The van der Waals surface area contributed by atoms with Crippen LogP contribution in [0.15, 0.2) is 34.1 Å². The Hall–Kier alpha value is -1.56. The van der Waals surface area contributed by atoms with Crippen LogP contribution in [0.4, 0.5) is 0 Å². The molecule has 2 atom stereocenters. The second-order valence-corrected chi connectivity index (χ2v) is 9.89. The summed E-state index contributed by atoms with van der Waals surface area (Å²) in [5.41, 5.74) is 10.0. The standard InChI is InChI=1S/C18H25N3O3S2/c19-10-9-18(17(21)22)8-2-1-3-14(18)13-26(23,24)16-6-4-15(5-7-16)25-12-11-20/h4-7,14H,1-3,8-9,11-13,20H2,(H2,21,22). The summed E-state index contributed by atoms with van der Waals surface area (Å²) in [5.74, 6) is -0.381. The molecule has 0 aliphatic heterocycles. The van der Waals surface area contributed by atoms with Crippen molar-refractivity contribution in [2.24, 2.45) is 22.8 Å². The molecule has 2 rings (SSSR count). The van der Waals surface area contributed by atoms with Crippen molar-refractivity contribution in [1.82, 2.24) is 0 Å². The minimum atomic E-state index is -3.57. The first-order valence-corrected chi connectivity index (χ1v) is 11.3. The Balaban J connectivity index is 2.23. The number of hydrogen-bond donors (Lipinski definition) is 2. The number of nitrogens with two attached hydrogens (primary N) is 2. The lowest BCUT2D eigenvalue weighted by Crippen LogP contribution is -2.47. The lowest BCUT2D eigenvalue weighted by atomic mass is 9.65. The van der Waals surface area contributed by atoms with Crippen molar-refractivity contribution in [3.63, 3.8) is 0 Å². The van der Waals surface area contributed by atoms with Crippen molar-refractivity contribution in [2.75, 3.05) is 18.1 Å². The quantitative estimate of drug-likeness (QED) is 0.649. The molecule has 1 amide bonds. The molecule has 0 spiro atoms. The van der Waals surface area contributed by atoms with Gasteiger partial charge in [-0.15, -0.1) is 11.8 Å². The van der Waals surface area contributed by atoms with Gasteiger partial charge in [-0.3, -0.25) is 4.79 Å². The van der Waals surface area contributed by atoms with Crippen LogP contribution >= 0.6 is 11.8 Å². The van der Waals surface area contributed by atoms with E-state index in [-0.39, 0.29) is 17.1 Å². The highest BCUT2D eigenvalue weighted by atomic mass is 32.2.